The van der Waals surface area contributed by atoms with Gasteiger partial charge in [-0.15, -0.1) is 0 Å². The van der Waals surface area contributed by atoms with E-state index in [9.17, 15) is 4.79 Å². The molecule has 0 atom stereocenters. The van der Waals surface area contributed by atoms with Crippen molar-refractivity contribution < 1.29 is 4.79 Å². The molecule has 3 heterocycles. The number of hydrogen-bond acceptors (Lipinski definition) is 2. The zero-order chi connectivity index (χ0) is 17.3. The van der Waals surface area contributed by atoms with Crippen molar-refractivity contribution in [2.45, 2.75) is 69.7 Å². The summed E-state index contributed by atoms with van der Waals surface area (Å²) in [7, 11) is 0. The highest BCUT2D eigenvalue weighted by Crippen LogP contribution is 2.61. The van der Waals surface area contributed by atoms with Gasteiger partial charge in [0.05, 0.1) is 12.2 Å². The van der Waals surface area contributed by atoms with E-state index in [2.05, 4.69) is 14.9 Å². The van der Waals surface area contributed by atoms with Gasteiger partial charge in [-0.25, -0.2) is 4.79 Å². The van der Waals surface area contributed by atoms with E-state index in [4.69, 9.17) is 5.10 Å². The fourth-order valence-corrected chi connectivity index (χ4v) is 7.41. The van der Waals surface area contributed by atoms with Gasteiger partial charge in [-0.1, -0.05) is 0 Å². The van der Waals surface area contributed by atoms with E-state index in [0.717, 1.165) is 63.2 Å². The molecular weight excluding hydrogens is 324 g/mol. The zero-order valence-electron chi connectivity index (χ0n) is 15.7. The number of amides is 2. The summed E-state index contributed by atoms with van der Waals surface area (Å²) in [4.78, 5) is 17.1. The van der Waals surface area contributed by atoms with Crippen LogP contribution in [0.25, 0.3) is 0 Å². The second-order valence-electron chi connectivity index (χ2n) is 9.88. The number of nitrogens with one attached hydrogen (secondary N) is 1. The number of aromatic amines is 1. The van der Waals surface area contributed by atoms with Crippen molar-refractivity contribution in [2.24, 2.45) is 17.8 Å². The number of urea groups is 1. The third-order valence-electron chi connectivity index (χ3n) is 8.12. The first-order chi connectivity index (χ1) is 12.7. The van der Waals surface area contributed by atoms with Crippen molar-refractivity contribution in [2.75, 3.05) is 19.6 Å². The Morgan fingerprint density at radius 3 is 2.27 bits per heavy atom. The van der Waals surface area contributed by atoms with E-state index >= 15 is 0 Å². The Labute approximate surface area is 155 Å². The number of likely N-dealkylation sites (tertiary alicyclic amines) is 1. The monoisotopic (exact) mass is 354 g/mol. The summed E-state index contributed by atoms with van der Waals surface area (Å²) < 4.78 is 0. The van der Waals surface area contributed by atoms with Crippen LogP contribution in [0.15, 0.2) is 0 Å². The molecule has 5 nitrogen and oxygen atoms in total. The second kappa shape index (κ2) is 5.49. The van der Waals surface area contributed by atoms with Gasteiger partial charge in [0.2, 0.25) is 0 Å². The van der Waals surface area contributed by atoms with Crippen molar-refractivity contribution in [3.05, 3.63) is 17.0 Å². The fraction of sp³-hybridized carbons (Fsp3) is 0.810. The molecule has 4 saturated carbocycles. The Kier molecular flexibility index (Phi) is 3.28. The van der Waals surface area contributed by atoms with E-state index in [1.165, 1.54) is 55.5 Å². The molecule has 1 saturated heterocycles. The van der Waals surface area contributed by atoms with Gasteiger partial charge in [-0.3, -0.25) is 5.10 Å². The van der Waals surface area contributed by atoms with Crippen LogP contribution in [0.2, 0.25) is 0 Å². The zero-order valence-corrected chi connectivity index (χ0v) is 15.7. The Balaban J connectivity index is 1.30. The first kappa shape index (κ1) is 15.5. The highest BCUT2D eigenvalue weighted by atomic mass is 16.2. The van der Waals surface area contributed by atoms with E-state index in [-0.39, 0.29) is 6.03 Å². The van der Waals surface area contributed by atoms with Gasteiger partial charge in [0.25, 0.3) is 0 Å². The normalized spacial score (nSPS) is 38.1. The van der Waals surface area contributed by atoms with E-state index in [1.807, 2.05) is 0 Å². The molecular formula is C21H30N4O. The van der Waals surface area contributed by atoms with Crippen LogP contribution in [0.5, 0.6) is 0 Å². The van der Waals surface area contributed by atoms with E-state index < -0.39 is 0 Å². The van der Waals surface area contributed by atoms with Crippen LogP contribution in [-0.2, 0) is 18.4 Å². The van der Waals surface area contributed by atoms with Gasteiger partial charge in [-0.05, 0) is 69.1 Å². The Bertz CT molecular complexity index is 697. The van der Waals surface area contributed by atoms with Gasteiger partial charge in [0, 0.05) is 42.7 Å². The minimum absolute atomic E-state index is 0.255. The predicted molar refractivity (Wildman–Crippen MR) is 98.8 cm³/mol. The molecule has 1 aromatic heterocycles. The maximum Gasteiger partial charge on any atom is 0.320 e. The summed E-state index contributed by atoms with van der Waals surface area (Å²) in [5.74, 6) is 2.79. The molecule has 0 aromatic carbocycles. The van der Waals surface area contributed by atoms with Crippen LogP contribution in [0.4, 0.5) is 4.79 Å². The SMILES string of the molecule is O=C(N1CCCC1)N1CCc2[nH]nc(C34CC5CC(CC(C5)C3)C4)c2C1. The van der Waals surface area contributed by atoms with Gasteiger partial charge < -0.3 is 9.80 Å². The van der Waals surface area contributed by atoms with Crippen LogP contribution in [0, 0.1) is 17.8 Å². The highest BCUT2D eigenvalue weighted by Gasteiger charge is 2.53. The van der Waals surface area contributed by atoms with E-state index in [0.29, 0.717) is 5.41 Å². The van der Waals surface area contributed by atoms with Crippen molar-refractivity contribution in [3.8, 4) is 0 Å². The molecule has 5 heteroatoms. The summed E-state index contributed by atoms with van der Waals surface area (Å²) in [6.45, 7) is 3.49. The van der Waals surface area contributed by atoms with Crippen LogP contribution in [-0.4, -0.2) is 45.7 Å². The number of fused-ring (bicyclic) bond motifs is 1. The van der Waals surface area contributed by atoms with Gasteiger partial charge in [0.15, 0.2) is 0 Å². The molecule has 7 rings (SSSR count). The molecule has 2 aliphatic heterocycles. The average Bonchev–Trinajstić information content (AvgIpc) is 3.29. The van der Waals surface area contributed by atoms with Gasteiger partial charge >= 0.3 is 6.03 Å². The van der Waals surface area contributed by atoms with Crippen LogP contribution in [0.1, 0.15) is 68.3 Å². The number of aromatic nitrogens is 2. The quantitative estimate of drug-likeness (QED) is 0.840. The standard InChI is InChI=1S/C21H30N4O/c26-20(24-4-1-2-5-24)25-6-3-18-17(13-25)19(23-22-18)21-10-14-7-15(11-21)9-16(8-14)12-21/h14-16H,1-13H2,(H,22,23). The van der Waals surface area contributed by atoms with Crippen molar-refractivity contribution in [1.82, 2.24) is 20.0 Å². The molecule has 4 aliphatic carbocycles. The van der Waals surface area contributed by atoms with Gasteiger partial charge in [0.1, 0.15) is 0 Å². The summed E-state index contributed by atoms with van der Waals surface area (Å²) in [5.41, 5.74) is 4.36. The smallest absolute Gasteiger partial charge is 0.320 e. The highest BCUT2D eigenvalue weighted by molar-refractivity contribution is 5.75. The Morgan fingerprint density at radius 2 is 1.62 bits per heavy atom. The van der Waals surface area contributed by atoms with Crippen LogP contribution >= 0.6 is 0 Å². The maximum atomic E-state index is 12.9. The third kappa shape index (κ3) is 2.21. The Hall–Kier alpha value is -1.52. The van der Waals surface area contributed by atoms with Crippen molar-refractivity contribution in [3.63, 3.8) is 0 Å². The number of hydrogen-bond donors (Lipinski definition) is 1. The molecule has 26 heavy (non-hydrogen) atoms. The molecule has 0 radical (unpaired) electrons. The van der Waals surface area contributed by atoms with Crippen LogP contribution in [0.3, 0.4) is 0 Å². The summed E-state index contributed by atoms with van der Waals surface area (Å²) in [6.07, 6.45) is 11.7. The summed E-state index contributed by atoms with van der Waals surface area (Å²) in [5, 5.41) is 8.28. The molecule has 1 N–H and O–H groups in total. The second-order valence-corrected chi connectivity index (χ2v) is 9.88. The molecule has 0 unspecified atom stereocenters. The van der Waals surface area contributed by atoms with Gasteiger partial charge in [-0.2, -0.15) is 5.10 Å². The lowest BCUT2D eigenvalue weighted by atomic mass is 9.48. The topological polar surface area (TPSA) is 52.2 Å². The van der Waals surface area contributed by atoms with E-state index in [1.54, 1.807) is 0 Å². The third-order valence-corrected chi connectivity index (χ3v) is 8.12. The molecule has 4 bridgehead atoms. The fourth-order valence-electron chi connectivity index (χ4n) is 7.41. The lowest BCUT2D eigenvalue weighted by molar-refractivity contribution is -0.00789. The lowest BCUT2D eigenvalue weighted by Crippen LogP contribution is -2.50. The number of H-pyrrole nitrogens is 1. The summed E-state index contributed by atoms with van der Waals surface area (Å²) >= 11 is 0. The molecule has 6 aliphatic rings. The Morgan fingerprint density at radius 1 is 0.962 bits per heavy atom. The molecule has 2 amide bonds. The minimum Gasteiger partial charge on any atom is -0.325 e. The number of carbonyl (C=O) groups is 1. The minimum atomic E-state index is 0.255. The maximum absolute atomic E-state index is 12.9. The number of rotatable bonds is 1. The predicted octanol–water partition coefficient (Wildman–Crippen LogP) is 3.45. The molecule has 0 spiro atoms. The molecule has 1 aromatic rings. The molecule has 140 valence electrons. The summed E-state index contributed by atoms with van der Waals surface area (Å²) in [6, 6.07) is 0.255. The average molecular weight is 354 g/mol. The largest absolute Gasteiger partial charge is 0.325 e. The number of nitrogens with zero attached hydrogens (tertiary/aromatic N) is 3. The first-order valence-electron chi connectivity index (χ1n) is 10.8. The lowest BCUT2D eigenvalue weighted by Gasteiger charge is -2.56. The van der Waals surface area contributed by atoms with Crippen molar-refractivity contribution in [1.29, 1.82) is 0 Å². The van der Waals surface area contributed by atoms with Crippen LogP contribution < -0.4 is 0 Å². The number of carbonyl (C=O) groups excluding carboxylic acids is 1. The molecule has 5 fully saturated rings. The first-order valence-corrected chi connectivity index (χ1v) is 10.8. The van der Waals surface area contributed by atoms with Crippen molar-refractivity contribution >= 4 is 6.03 Å².